The van der Waals surface area contributed by atoms with Crippen LogP contribution in [0.5, 0.6) is 5.75 Å². The average Bonchev–Trinajstić information content (AvgIpc) is 2.42. The predicted octanol–water partition coefficient (Wildman–Crippen LogP) is 3.48. The summed E-state index contributed by atoms with van der Waals surface area (Å²) in [5.41, 5.74) is 2.68. The largest absolute Gasteiger partial charge is 0.426 e. The Morgan fingerprint density at radius 1 is 0.850 bits per heavy atom. The first kappa shape index (κ1) is 14.0. The van der Waals surface area contributed by atoms with Crippen LogP contribution in [0.4, 0.5) is 0 Å². The molecule has 2 aromatic rings. The van der Waals surface area contributed by atoms with Crippen molar-refractivity contribution in [2.45, 2.75) is 20.3 Å². The Morgan fingerprint density at radius 3 is 1.90 bits per heavy atom. The molecule has 0 atom stereocenters. The molecular formula is C17H16O3. The molecule has 102 valence electrons. The molecule has 3 heteroatoms. The second-order valence-corrected chi connectivity index (χ2v) is 4.75. The predicted molar refractivity (Wildman–Crippen MR) is 76.9 cm³/mol. The Labute approximate surface area is 118 Å². The Bertz CT molecular complexity index is 610. The number of ether oxygens (including phenoxy) is 1. The van der Waals surface area contributed by atoms with Gasteiger partial charge in [0.2, 0.25) is 0 Å². The molecule has 0 radical (unpaired) electrons. The number of Topliss-reactive ketones (excluding diaryl/α,β-unsaturated/α-hetero) is 1. The molecule has 0 amide bonds. The highest BCUT2D eigenvalue weighted by atomic mass is 16.5. The summed E-state index contributed by atoms with van der Waals surface area (Å²) < 4.78 is 5.13. The fourth-order valence-electron chi connectivity index (χ4n) is 1.75. The van der Waals surface area contributed by atoms with Crippen LogP contribution in [0.1, 0.15) is 27.9 Å². The molecule has 0 N–H and O–H groups in total. The van der Waals surface area contributed by atoms with Crippen molar-refractivity contribution < 1.29 is 14.3 Å². The normalized spacial score (nSPS) is 10.1. The summed E-state index contributed by atoms with van der Waals surface area (Å²) in [6.07, 6.45) is -0.253. The van der Waals surface area contributed by atoms with E-state index in [0.29, 0.717) is 11.3 Å². The SMILES string of the molecule is Cc1ccc(OC(=O)CC(=O)c2ccc(C)cc2)cc1. The van der Waals surface area contributed by atoms with Gasteiger partial charge < -0.3 is 4.74 Å². The lowest BCUT2D eigenvalue weighted by Crippen LogP contribution is -2.14. The van der Waals surface area contributed by atoms with E-state index >= 15 is 0 Å². The van der Waals surface area contributed by atoms with E-state index in [2.05, 4.69) is 0 Å². The van der Waals surface area contributed by atoms with Crippen molar-refractivity contribution in [1.29, 1.82) is 0 Å². The van der Waals surface area contributed by atoms with Gasteiger partial charge in [0.1, 0.15) is 12.2 Å². The van der Waals surface area contributed by atoms with Crippen LogP contribution in [-0.4, -0.2) is 11.8 Å². The summed E-state index contributed by atoms with van der Waals surface area (Å²) in [5, 5.41) is 0. The molecule has 3 nitrogen and oxygen atoms in total. The molecule has 0 saturated heterocycles. The molecule has 0 aromatic heterocycles. The second-order valence-electron chi connectivity index (χ2n) is 4.75. The first-order valence-electron chi connectivity index (χ1n) is 6.42. The number of benzene rings is 2. The number of ketones is 1. The van der Waals surface area contributed by atoms with Crippen LogP contribution in [0.3, 0.4) is 0 Å². The summed E-state index contributed by atoms with van der Waals surface area (Å²) in [5.74, 6) is -0.321. The smallest absolute Gasteiger partial charge is 0.319 e. The fourth-order valence-corrected chi connectivity index (χ4v) is 1.75. The van der Waals surface area contributed by atoms with Gasteiger partial charge in [-0.1, -0.05) is 47.5 Å². The van der Waals surface area contributed by atoms with E-state index in [4.69, 9.17) is 4.74 Å². The Balaban J connectivity index is 1.95. The van der Waals surface area contributed by atoms with Gasteiger partial charge in [-0.2, -0.15) is 0 Å². The number of hydrogen-bond donors (Lipinski definition) is 0. The van der Waals surface area contributed by atoms with E-state index in [0.717, 1.165) is 11.1 Å². The minimum absolute atomic E-state index is 0.234. The number of carbonyl (C=O) groups is 2. The quantitative estimate of drug-likeness (QED) is 0.369. The lowest BCUT2D eigenvalue weighted by Gasteiger charge is -2.04. The maximum atomic E-state index is 11.9. The zero-order valence-electron chi connectivity index (χ0n) is 11.6. The van der Waals surface area contributed by atoms with Gasteiger partial charge in [-0.05, 0) is 26.0 Å². The molecule has 2 aromatic carbocycles. The fraction of sp³-hybridized carbons (Fsp3) is 0.176. The monoisotopic (exact) mass is 268 g/mol. The minimum atomic E-state index is -0.542. The lowest BCUT2D eigenvalue weighted by molar-refractivity contribution is -0.133. The lowest BCUT2D eigenvalue weighted by atomic mass is 10.1. The number of esters is 1. The Hall–Kier alpha value is -2.42. The highest BCUT2D eigenvalue weighted by molar-refractivity contribution is 6.06. The first-order valence-corrected chi connectivity index (χ1v) is 6.42. The maximum absolute atomic E-state index is 11.9. The summed E-state index contributed by atoms with van der Waals surface area (Å²) in [6, 6.07) is 14.3. The van der Waals surface area contributed by atoms with Crippen molar-refractivity contribution in [2.24, 2.45) is 0 Å². The zero-order valence-corrected chi connectivity index (χ0v) is 11.6. The van der Waals surface area contributed by atoms with Gasteiger partial charge in [0.25, 0.3) is 0 Å². The van der Waals surface area contributed by atoms with E-state index in [1.165, 1.54) is 0 Å². The van der Waals surface area contributed by atoms with Gasteiger partial charge in [-0.3, -0.25) is 9.59 Å². The average molecular weight is 268 g/mol. The van der Waals surface area contributed by atoms with Crippen molar-refractivity contribution in [2.75, 3.05) is 0 Å². The van der Waals surface area contributed by atoms with E-state index in [1.54, 1.807) is 24.3 Å². The second kappa shape index (κ2) is 6.15. The third-order valence-electron chi connectivity index (χ3n) is 2.93. The Morgan fingerprint density at radius 2 is 1.35 bits per heavy atom. The number of hydrogen-bond acceptors (Lipinski definition) is 3. The molecule has 0 aliphatic heterocycles. The van der Waals surface area contributed by atoms with Crippen LogP contribution in [0.25, 0.3) is 0 Å². The molecular weight excluding hydrogens is 252 g/mol. The van der Waals surface area contributed by atoms with Crippen LogP contribution in [0, 0.1) is 13.8 Å². The summed E-state index contributed by atoms with van der Waals surface area (Å²) in [7, 11) is 0. The third-order valence-corrected chi connectivity index (χ3v) is 2.93. The molecule has 0 unspecified atom stereocenters. The van der Waals surface area contributed by atoms with Crippen molar-refractivity contribution >= 4 is 11.8 Å². The molecule has 0 spiro atoms. The van der Waals surface area contributed by atoms with Crippen molar-refractivity contribution in [3.05, 3.63) is 65.2 Å². The standard InChI is InChI=1S/C17H16O3/c1-12-3-7-14(8-4-12)16(18)11-17(19)20-15-9-5-13(2)6-10-15/h3-10H,11H2,1-2H3. The van der Waals surface area contributed by atoms with E-state index in [9.17, 15) is 9.59 Å². The summed E-state index contributed by atoms with van der Waals surface area (Å²) >= 11 is 0. The maximum Gasteiger partial charge on any atom is 0.319 e. The number of rotatable bonds is 4. The topological polar surface area (TPSA) is 43.4 Å². The van der Waals surface area contributed by atoms with Crippen LogP contribution in [-0.2, 0) is 4.79 Å². The summed E-state index contributed by atoms with van der Waals surface area (Å²) in [6.45, 7) is 3.90. The molecule has 0 aliphatic rings. The van der Waals surface area contributed by atoms with Gasteiger partial charge in [0.15, 0.2) is 5.78 Å². The van der Waals surface area contributed by atoms with E-state index < -0.39 is 5.97 Å². The number of aryl methyl sites for hydroxylation is 2. The van der Waals surface area contributed by atoms with Gasteiger partial charge in [-0.25, -0.2) is 0 Å². The van der Waals surface area contributed by atoms with Gasteiger partial charge in [0.05, 0.1) is 0 Å². The van der Waals surface area contributed by atoms with Crippen molar-refractivity contribution in [3.63, 3.8) is 0 Å². The van der Waals surface area contributed by atoms with Gasteiger partial charge >= 0.3 is 5.97 Å². The van der Waals surface area contributed by atoms with Crippen LogP contribution in [0.15, 0.2) is 48.5 Å². The molecule has 20 heavy (non-hydrogen) atoms. The highest BCUT2D eigenvalue weighted by Crippen LogP contribution is 2.13. The first-order chi connectivity index (χ1) is 9.54. The van der Waals surface area contributed by atoms with Crippen LogP contribution >= 0.6 is 0 Å². The molecule has 0 saturated carbocycles. The highest BCUT2D eigenvalue weighted by Gasteiger charge is 2.13. The minimum Gasteiger partial charge on any atom is -0.426 e. The number of carbonyl (C=O) groups excluding carboxylic acids is 2. The molecule has 0 aliphatic carbocycles. The van der Waals surface area contributed by atoms with E-state index in [-0.39, 0.29) is 12.2 Å². The van der Waals surface area contributed by atoms with Crippen LogP contribution in [0.2, 0.25) is 0 Å². The van der Waals surface area contributed by atoms with Gasteiger partial charge in [-0.15, -0.1) is 0 Å². The molecule has 0 bridgehead atoms. The molecule has 0 heterocycles. The van der Waals surface area contributed by atoms with Crippen molar-refractivity contribution in [1.82, 2.24) is 0 Å². The molecule has 0 fully saturated rings. The van der Waals surface area contributed by atoms with E-state index in [1.807, 2.05) is 38.1 Å². The third kappa shape index (κ3) is 3.79. The van der Waals surface area contributed by atoms with Gasteiger partial charge in [0, 0.05) is 5.56 Å². The zero-order chi connectivity index (χ0) is 14.5. The molecule has 2 rings (SSSR count). The van der Waals surface area contributed by atoms with Crippen LogP contribution < -0.4 is 4.74 Å². The summed E-state index contributed by atoms with van der Waals surface area (Å²) in [4.78, 5) is 23.6. The van der Waals surface area contributed by atoms with Crippen molar-refractivity contribution in [3.8, 4) is 5.75 Å². The Kier molecular flexibility index (Phi) is 4.31.